The predicted octanol–water partition coefficient (Wildman–Crippen LogP) is 3.45. The molecule has 0 unspecified atom stereocenters. The van der Waals surface area contributed by atoms with Crippen molar-refractivity contribution in [2.45, 2.75) is 40.8 Å². The van der Waals surface area contributed by atoms with Gasteiger partial charge in [-0.3, -0.25) is 20.0 Å². The summed E-state index contributed by atoms with van der Waals surface area (Å²) in [5.74, 6) is 4.52. The van der Waals surface area contributed by atoms with Crippen LogP contribution < -0.4 is 11.3 Å². The number of rotatable bonds is 10. The molecule has 2 aromatic carbocycles. The van der Waals surface area contributed by atoms with Crippen LogP contribution in [0.4, 0.5) is 0 Å². The average Bonchev–Trinajstić information content (AvgIpc) is 2.85. The first-order valence-corrected chi connectivity index (χ1v) is 11.1. The minimum Gasteiger partial charge on any atom is -0.465 e. The molecule has 0 spiro atoms. The zero-order valence-corrected chi connectivity index (χ0v) is 20.1. The van der Waals surface area contributed by atoms with Crippen molar-refractivity contribution in [3.8, 4) is 0 Å². The highest BCUT2D eigenvalue weighted by Crippen LogP contribution is 2.09. The Morgan fingerprint density at radius 1 is 0.750 bits per heavy atom. The fourth-order valence-corrected chi connectivity index (χ4v) is 3.12. The molecular weight excluding hydrogens is 404 g/mol. The molecule has 0 heterocycles. The molecular formula is C25H38N4O3. The minimum absolute atomic E-state index is 0.255. The molecule has 0 aliphatic heterocycles. The maximum absolute atomic E-state index is 11.2. The second-order valence-electron chi connectivity index (χ2n) is 7.28. The van der Waals surface area contributed by atoms with Crippen LogP contribution in [0, 0.1) is 0 Å². The van der Waals surface area contributed by atoms with Gasteiger partial charge in [-0.1, -0.05) is 52.0 Å². The third-order valence-corrected chi connectivity index (χ3v) is 5.32. The number of amides is 1. The lowest BCUT2D eigenvalue weighted by Crippen LogP contribution is -2.30. The van der Waals surface area contributed by atoms with Crippen molar-refractivity contribution in [1.29, 1.82) is 0 Å². The van der Waals surface area contributed by atoms with Gasteiger partial charge in [-0.25, -0.2) is 10.6 Å². The number of benzene rings is 2. The molecule has 0 aliphatic rings. The van der Waals surface area contributed by atoms with E-state index in [2.05, 4.69) is 47.7 Å². The SMILES string of the molecule is CCN(CC)Cc1ccc(C(=O)NN)cc1.CCN(CC)Cc1ccc(C(=O)OC)cc1. The van der Waals surface area contributed by atoms with Crippen molar-refractivity contribution in [3.05, 3.63) is 70.8 Å². The molecule has 2 aromatic rings. The molecule has 7 nitrogen and oxygen atoms in total. The standard InChI is InChI=1S/C13H19NO2.C12H19N3O/c1-4-14(5-2)10-11-6-8-12(9-7-11)13(15)16-3;1-3-15(4-2)9-10-5-7-11(8-6-10)12(16)14-13/h6-9H,4-5,10H2,1-3H3;5-8H,3-4,9,13H2,1-2H3,(H,14,16). The Hall–Kier alpha value is -2.74. The van der Waals surface area contributed by atoms with Gasteiger partial charge in [-0.15, -0.1) is 0 Å². The summed E-state index contributed by atoms with van der Waals surface area (Å²) in [5, 5.41) is 0. The minimum atomic E-state index is -0.283. The van der Waals surface area contributed by atoms with E-state index in [4.69, 9.17) is 5.84 Å². The maximum atomic E-state index is 11.2. The number of nitrogens with one attached hydrogen (secondary N) is 1. The summed E-state index contributed by atoms with van der Waals surface area (Å²) in [6, 6.07) is 15.1. The van der Waals surface area contributed by atoms with Gasteiger partial charge in [0, 0.05) is 18.7 Å². The molecule has 2 rings (SSSR count). The Morgan fingerprint density at radius 2 is 1.12 bits per heavy atom. The van der Waals surface area contributed by atoms with Crippen LogP contribution in [0.25, 0.3) is 0 Å². The molecule has 0 saturated heterocycles. The number of hydrogen-bond acceptors (Lipinski definition) is 6. The van der Waals surface area contributed by atoms with Gasteiger partial charge in [0.05, 0.1) is 12.7 Å². The van der Waals surface area contributed by atoms with Crippen molar-refractivity contribution in [1.82, 2.24) is 15.2 Å². The van der Waals surface area contributed by atoms with E-state index in [1.54, 1.807) is 12.1 Å². The monoisotopic (exact) mass is 442 g/mol. The molecule has 0 aliphatic carbocycles. The fraction of sp³-hybridized carbons (Fsp3) is 0.440. The Balaban J connectivity index is 0.000000320. The highest BCUT2D eigenvalue weighted by Gasteiger charge is 2.06. The Bertz CT molecular complexity index is 729. The van der Waals surface area contributed by atoms with E-state index >= 15 is 0 Å². The maximum Gasteiger partial charge on any atom is 0.337 e. The molecule has 0 fully saturated rings. The summed E-state index contributed by atoms with van der Waals surface area (Å²) in [6.07, 6.45) is 0. The second-order valence-corrected chi connectivity index (χ2v) is 7.28. The zero-order valence-electron chi connectivity index (χ0n) is 20.1. The number of ether oxygens (including phenoxy) is 1. The largest absolute Gasteiger partial charge is 0.465 e. The van der Waals surface area contributed by atoms with Gasteiger partial charge in [-0.2, -0.15) is 0 Å². The van der Waals surface area contributed by atoms with Crippen LogP contribution in [0.3, 0.4) is 0 Å². The number of hydrazine groups is 1. The number of carbonyl (C=O) groups excluding carboxylic acids is 2. The fourth-order valence-electron chi connectivity index (χ4n) is 3.12. The van der Waals surface area contributed by atoms with Gasteiger partial charge in [0.2, 0.25) is 0 Å². The number of hydrogen-bond donors (Lipinski definition) is 2. The molecule has 176 valence electrons. The zero-order chi connectivity index (χ0) is 23.9. The predicted molar refractivity (Wildman–Crippen MR) is 129 cm³/mol. The average molecular weight is 443 g/mol. The highest BCUT2D eigenvalue weighted by atomic mass is 16.5. The van der Waals surface area contributed by atoms with Crippen LogP contribution in [-0.2, 0) is 17.8 Å². The number of methoxy groups -OCH3 is 1. The third-order valence-electron chi connectivity index (χ3n) is 5.32. The Kier molecular flexibility index (Phi) is 12.9. The van der Waals surface area contributed by atoms with Crippen molar-refractivity contribution >= 4 is 11.9 Å². The summed E-state index contributed by atoms with van der Waals surface area (Å²) in [6.45, 7) is 14.5. The van der Waals surface area contributed by atoms with Gasteiger partial charge in [0.25, 0.3) is 5.91 Å². The summed E-state index contributed by atoms with van der Waals surface area (Å²) in [4.78, 5) is 27.1. The van der Waals surface area contributed by atoms with E-state index in [0.717, 1.165) is 39.3 Å². The summed E-state index contributed by atoms with van der Waals surface area (Å²) >= 11 is 0. The molecule has 0 bridgehead atoms. The van der Waals surface area contributed by atoms with Gasteiger partial charge in [0.1, 0.15) is 0 Å². The van der Waals surface area contributed by atoms with Crippen LogP contribution in [0.5, 0.6) is 0 Å². The van der Waals surface area contributed by atoms with Crippen molar-refractivity contribution in [3.63, 3.8) is 0 Å². The quantitative estimate of drug-likeness (QED) is 0.254. The molecule has 3 N–H and O–H groups in total. The van der Waals surface area contributed by atoms with Crippen LogP contribution >= 0.6 is 0 Å². The third kappa shape index (κ3) is 9.18. The van der Waals surface area contributed by atoms with Crippen LogP contribution in [0.2, 0.25) is 0 Å². The first-order chi connectivity index (χ1) is 15.4. The van der Waals surface area contributed by atoms with Crippen LogP contribution in [0.1, 0.15) is 59.5 Å². The lowest BCUT2D eigenvalue weighted by Gasteiger charge is -2.17. The topological polar surface area (TPSA) is 87.9 Å². The van der Waals surface area contributed by atoms with E-state index in [1.165, 1.54) is 18.2 Å². The second kappa shape index (κ2) is 15.1. The van der Waals surface area contributed by atoms with Gasteiger partial charge < -0.3 is 4.74 Å². The van der Waals surface area contributed by atoms with E-state index in [1.807, 2.05) is 36.4 Å². The number of nitrogens with zero attached hydrogens (tertiary/aromatic N) is 2. The van der Waals surface area contributed by atoms with E-state index < -0.39 is 0 Å². The molecule has 7 heteroatoms. The van der Waals surface area contributed by atoms with E-state index in [0.29, 0.717) is 11.1 Å². The Labute approximate surface area is 192 Å². The summed E-state index contributed by atoms with van der Waals surface area (Å²) in [7, 11) is 1.39. The first kappa shape index (κ1) is 27.3. The lowest BCUT2D eigenvalue weighted by atomic mass is 10.1. The van der Waals surface area contributed by atoms with E-state index in [9.17, 15) is 9.59 Å². The van der Waals surface area contributed by atoms with Crippen molar-refractivity contribution in [2.75, 3.05) is 33.3 Å². The van der Waals surface area contributed by atoms with Gasteiger partial charge in [0.15, 0.2) is 0 Å². The summed E-state index contributed by atoms with van der Waals surface area (Å²) in [5.41, 5.74) is 5.73. The number of nitrogens with two attached hydrogens (primary N) is 1. The first-order valence-electron chi connectivity index (χ1n) is 11.1. The van der Waals surface area contributed by atoms with Gasteiger partial charge >= 0.3 is 5.97 Å². The molecule has 0 radical (unpaired) electrons. The number of carbonyl (C=O) groups is 2. The van der Waals surface area contributed by atoms with Crippen LogP contribution in [-0.4, -0.2) is 55.0 Å². The normalized spacial score (nSPS) is 10.5. The molecule has 32 heavy (non-hydrogen) atoms. The number of esters is 1. The smallest absolute Gasteiger partial charge is 0.337 e. The molecule has 0 aromatic heterocycles. The van der Waals surface area contributed by atoms with E-state index in [-0.39, 0.29) is 11.9 Å². The molecule has 0 atom stereocenters. The number of nitrogen functional groups attached to an aromatic ring is 1. The van der Waals surface area contributed by atoms with Gasteiger partial charge in [-0.05, 0) is 61.6 Å². The lowest BCUT2D eigenvalue weighted by molar-refractivity contribution is 0.0600. The highest BCUT2D eigenvalue weighted by molar-refractivity contribution is 5.93. The molecule has 0 saturated carbocycles. The van der Waals surface area contributed by atoms with Crippen molar-refractivity contribution < 1.29 is 14.3 Å². The summed E-state index contributed by atoms with van der Waals surface area (Å²) < 4.78 is 4.65. The molecule has 1 amide bonds. The van der Waals surface area contributed by atoms with Crippen molar-refractivity contribution in [2.24, 2.45) is 5.84 Å². The van der Waals surface area contributed by atoms with Crippen LogP contribution in [0.15, 0.2) is 48.5 Å². The Morgan fingerprint density at radius 3 is 1.44 bits per heavy atom.